The van der Waals surface area contributed by atoms with E-state index in [0.717, 1.165) is 17.9 Å². The van der Waals surface area contributed by atoms with Gasteiger partial charge in [-0.25, -0.2) is 8.42 Å². The smallest absolute Gasteiger partial charge is 0.261 e. The Kier molecular flexibility index (Phi) is 7.16. The second-order valence-electron chi connectivity index (χ2n) is 8.96. The molecule has 1 aliphatic carbocycles. The van der Waals surface area contributed by atoms with Gasteiger partial charge in [-0.2, -0.15) is 0 Å². The summed E-state index contributed by atoms with van der Waals surface area (Å²) in [5.41, 5.74) is 1.76. The Bertz CT molecular complexity index is 1060. The van der Waals surface area contributed by atoms with Crippen molar-refractivity contribution in [2.75, 3.05) is 11.3 Å². The van der Waals surface area contributed by atoms with E-state index in [9.17, 15) is 13.2 Å². The van der Waals surface area contributed by atoms with E-state index >= 15 is 0 Å². The van der Waals surface area contributed by atoms with Gasteiger partial charge < -0.3 is 10.1 Å². The minimum absolute atomic E-state index is 0.0588. The van der Waals surface area contributed by atoms with Crippen molar-refractivity contribution in [2.45, 2.75) is 69.4 Å². The zero-order valence-corrected chi connectivity index (χ0v) is 19.4. The second-order valence-corrected chi connectivity index (χ2v) is 10.6. The maximum atomic E-state index is 13.1. The lowest BCUT2D eigenvalue weighted by Crippen LogP contribution is -2.29. The SMILES string of the molecule is C[C@@H](CC1CCCCC1)NCc1ccccc1NS(=O)(=O)c1ccc2c(c1)C(=O)CCO2. The number of nitrogens with one attached hydrogen (secondary N) is 2. The zero-order valence-electron chi connectivity index (χ0n) is 18.6. The molecule has 0 amide bonds. The number of anilines is 1. The summed E-state index contributed by atoms with van der Waals surface area (Å²) in [5.74, 6) is 1.13. The monoisotopic (exact) mass is 456 g/mol. The largest absolute Gasteiger partial charge is 0.492 e. The fourth-order valence-electron chi connectivity index (χ4n) is 4.68. The van der Waals surface area contributed by atoms with Crippen molar-refractivity contribution < 1.29 is 17.9 Å². The molecule has 2 aromatic rings. The highest BCUT2D eigenvalue weighted by atomic mass is 32.2. The number of carbonyl (C=O) groups excluding carboxylic acids is 1. The zero-order chi connectivity index (χ0) is 22.6. The molecule has 1 fully saturated rings. The molecule has 4 rings (SSSR count). The highest BCUT2D eigenvalue weighted by Gasteiger charge is 2.23. The molecule has 172 valence electrons. The number of rotatable bonds is 8. The number of para-hydroxylation sites is 1. The van der Waals surface area contributed by atoms with Crippen LogP contribution in [0, 0.1) is 5.92 Å². The number of sulfonamides is 1. The highest BCUT2D eigenvalue weighted by molar-refractivity contribution is 7.92. The van der Waals surface area contributed by atoms with Crippen LogP contribution in [-0.2, 0) is 16.6 Å². The molecule has 32 heavy (non-hydrogen) atoms. The van der Waals surface area contributed by atoms with Gasteiger partial charge in [0.1, 0.15) is 5.75 Å². The molecular formula is C25H32N2O4S. The lowest BCUT2D eigenvalue weighted by Gasteiger charge is -2.25. The van der Waals surface area contributed by atoms with Crippen molar-refractivity contribution >= 4 is 21.5 Å². The van der Waals surface area contributed by atoms with Gasteiger partial charge in [-0.15, -0.1) is 0 Å². The van der Waals surface area contributed by atoms with Crippen LogP contribution in [0.5, 0.6) is 5.75 Å². The average Bonchev–Trinajstić information content (AvgIpc) is 2.79. The maximum Gasteiger partial charge on any atom is 0.261 e. The van der Waals surface area contributed by atoms with Crippen LogP contribution < -0.4 is 14.8 Å². The summed E-state index contributed by atoms with van der Waals surface area (Å²) in [7, 11) is -3.84. The molecule has 1 atom stereocenters. The summed E-state index contributed by atoms with van der Waals surface area (Å²) in [6.45, 7) is 3.12. The minimum Gasteiger partial charge on any atom is -0.492 e. The van der Waals surface area contributed by atoms with Crippen molar-refractivity contribution in [3.63, 3.8) is 0 Å². The lowest BCUT2D eigenvalue weighted by atomic mass is 9.85. The summed E-state index contributed by atoms with van der Waals surface area (Å²) in [6, 6.07) is 12.2. The number of ketones is 1. The summed E-state index contributed by atoms with van der Waals surface area (Å²) >= 11 is 0. The normalized spacial score (nSPS) is 18.0. The van der Waals surface area contributed by atoms with E-state index in [1.165, 1.54) is 44.2 Å². The Morgan fingerprint density at radius 2 is 1.88 bits per heavy atom. The Hall–Kier alpha value is -2.38. The number of fused-ring (bicyclic) bond motifs is 1. The van der Waals surface area contributed by atoms with E-state index in [4.69, 9.17) is 4.74 Å². The number of carbonyl (C=O) groups is 1. The molecule has 0 aromatic heterocycles. The van der Waals surface area contributed by atoms with Gasteiger partial charge in [-0.05, 0) is 49.1 Å². The van der Waals surface area contributed by atoms with Gasteiger partial charge in [0, 0.05) is 19.0 Å². The van der Waals surface area contributed by atoms with Crippen LogP contribution in [-0.4, -0.2) is 26.8 Å². The maximum absolute atomic E-state index is 13.1. The fraction of sp³-hybridized carbons (Fsp3) is 0.480. The summed E-state index contributed by atoms with van der Waals surface area (Å²) in [5, 5.41) is 3.56. The molecule has 0 spiro atoms. The van der Waals surface area contributed by atoms with E-state index in [-0.39, 0.29) is 17.1 Å². The number of hydrogen-bond acceptors (Lipinski definition) is 5. The molecule has 1 aliphatic heterocycles. The van der Waals surface area contributed by atoms with Crippen LogP contribution in [0.2, 0.25) is 0 Å². The van der Waals surface area contributed by atoms with Gasteiger partial charge in [-0.1, -0.05) is 50.3 Å². The number of benzene rings is 2. The van der Waals surface area contributed by atoms with Gasteiger partial charge in [0.05, 0.1) is 22.8 Å². The van der Waals surface area contributed by atoms with Crippen molar-refractivity contribution in [1.82, 2.24) is 5.32 Å². The van der Waals surface area contributed by atoms with Gasteiger partial charge in [0.15, 0.2) is 5.78 Å². The standard InChI is InChI=1S/C25H32N2O4S/c1-18(15-19-7-3-2-4-8-19)26-17-20-9-5-6-10-23(20)27-32(29,30)21-11-12-25-22(16-21)24(28)13-14-31-25/h5-6,9-12,16,18-19,26-27H,2-4,7-8,13-15,17H2,1H3/t18-/m0/s1. The predicted molar refractivity (Wildman–Crippen MR) is 126 cm³/mol. The quantitative estimate of drug-likeness (QED) is 0.590. The number of Topliss-reactive ketones (excluding diaryl/α,β-unsaturated/α-hetero) is 1. The lowest BCUT2D eigenvalue weighted by molar-refractivity contribution is 0.0933. The summed E-state index contributed by atoms with van der Waals surface area (Å²) < 4.78 is 34.3. The first-order valence-electron chi connectivity index (χ1n) is 11.6. The number of ether oxygens (including phenoxy) is 1. The first-order valence-corrected chi connectivity index (χ1v) is 13.0. The Labute approximate surface area is 190 Å². The Morgan fingerprint density at radius 3 is 2.69 bits per heavy atom. The molecule has 0 saturated heterocycles. The van der Waals surface area contributed by atoms with Gasteiger partial charge in [0.2, 0.25) is 0 Å². The molecule has 0 unspecified atom stereocenters. The first-order chi connectivity index (χ1) is 15.4. The molecule has 2 aliphatic rings. The van der Waals surface area contributed by atoms with E-state index < -0.39 is 10.0 Å². The van der Waals surface area contributed by atoms with Crippen molar-refractivity contribution in [3.8, 4) is 5.75 Å². The molecule has 2 N–H and O–H groups in total. The third kappa shape index (κ3) is 5.51. The molecular weight excluding hydrogens is 424 g/mol. The third-order valence-electron chi connectivity index (χ3n) is 6.46. The van der Waals surface area contributed by atoms with E-state index in [0.29, 0.717) is 36.2 Å². The molecule has 0 radical (unpaired) electrons. The highest BCUT2D eigenvalue weighted by Crippen LogP contribution is 2.29. The van der Waals surface area contributed by atoms with Gasteiger partial charge >= 0.3 is 0 Å². The van der Waals surface area contributed by atoms with E-state index in [2.05, 4.69) is 17.0 Å². The van der Waals surface area contributed by atoms with Crippen LogP contribution in [0.1, 0.15) is 67.8 Å². The van der Waals surface area contributed by atoms with E-state index in [1.54, 1.807) is 12.1 Å². The summed E-state index contributed by atoms with van der Waals surface area (Å²) in [6.07, 6.45) is 8.08. The van der Waals surface area contributed by atoms with Crippen molar-refractivity contribution in [1.29, 1.82) is 0 Å². The molecule has 7 heteroatoms. The third-order valence-corrected chi connectivity index (χ3v) is 7.83. The summed E-state index contributed by atoms with van der Waals surface area (Å²) in [4.78, 5) is 12.2. The Morgan fingerprint density at radius 1 is 1.09 bits per heavy atom. The van der Waals surface area contributed by atoms with Gasteiger partial charge in [0.25, 0.3) is 10.0 Å². The predicted octanol–water partition coefficient (Wildman–Crippen LogP) is 4.90. The van der Waals surface area contributed by atoms with Crippen molar-refractivity contribution in [3.05, 3.63) is 53.6 Å². The van der Waals surface area contributed by atoms with Crippen LogP contribution in [0.4, 0.5) is 5.69 Å². The molecule has 1 saturated carbocycles. The average molecular weight is 457 g/mol. The van der Waals surface area contributed by atoms with Crippen LogP contribution in [0.15, 0.2) is 47.4 Å². The van der Waals surface area contributed by atoms with Crippen molar-refractivity contribution in [2.24, 2.45) is 5.92 Å². The topological polar surface area (TPSA) is 84.5 Å². The molecule has 0 bridgehead atoms. The molecule has 6 nitrogen and oxygen atoms in total. The second kappa shape index (κ2) is 10.0. The molecule has 1 heterocycles. The van der Waals surface area contributed by atoms with Crippen LogP contribution >= 0.6 is 0 Å². The minimum atomic E-state index is -3.84. The number of hydrogen-bond donors (Lipinski definition) is 2. The van der Waals surface area contributed by atoms with E-state index in [1.807, 2.05) is 18.2 Å². The first kappa shape index (κ1) is 22.8. The Balaban J connectivity index is 1.44. The molecule has 2 aromatic carbocycles. The van der Waals surface area contributed by atoms with Crippen LogP contribution in [0.3, 0.4) is 0 Å². The van der Waals surface area contributed by atoms with Gasteiger partial charge in [-0.3, -0.25) is 9.52 Å². The fourth-order valence-corrected chi connectivity index (χ4v) is 5.80. The van der Waals surface area contributed by atoms with Crippen LogP contribution in [0.25, 0.3) is 0 Å².